The number of rotatable bonds is 4. The van der Waals surface area contributed by atoms with E-state index >= 15 is 0 Å². The average molecular weight is 294 g/mol. The molecular formula is C13H16ClN5O. The fourth-order valence-corrected chi connectivity index (χ4v) is 1.93. The van der Waals surface area contributed by atoms with Crippen LogP contribution in [-0.4, -0.2) is 17.1 Å². The summed E-state index contributed by atoms with van der Waals surface area (Å²) in [6.07, 6.45) is 0. The van der Waals surface area contributed by atoms with Gasteiger partial charge in [0.05, 0.1) is 12.8 Å². The topological polar surface area (TPSA) is 85.1 Å². The maximum atomic E-state index is 6.08. The van der Waals surface area contributed by atoms with Gasteiger partial charge in [-0.05, 0) is 25.5 Å². The molecule has 0 aliphatic carbocycles. The number of aromatic nitrogens is 2. The molecule has 0 amide bonds. The zero-order chi connectivity index (χ0) is 14.7. The molecule has 0 aliphatic rings. The van der Waals surface area contributed by atoms with E-state index < -0.39 is 0 Å². The zero-order valence-electron chi connectivity index (χ0n) is 11.5. The summed E-state index contributed by atoms with van der Waals surface area (Å²) in [5.41, 5.74) is 4.22. The van der Waals surface area contributed by atoms with E-state index in [4.69, 9.17) is 22.2 Å². The lowest BCUT2D eigenvalue weighted by Gasteiger charge is -2.13. The first-order valence-electron chi connectivity index (χ1n) is 5.97. The fraction of sp³-hybridized carbons (Fsp3) is 0.231. The van der Waals surface area contributed by atoms with E-state index in [0.29, 0.717) is 28.2 Å². The van der Waals surface area contributed by atoms with Crippen LogP contribution in [-0.2, 0) is 0 Å². The lowest BCUT2D eigenvalue weighted by Crippen LogP contribution is -2.10. The third kappa shape index (κ3) is 3.09. The minimum absolute atomic E-state index is 0.532. The van der Waals surface area contributed by atoms with Crippen LogP contribution in [0.3, 0.4) is 0 Å². The van der Waals surface area contributed by atoms with Crippen LogP contribution in [0.4, 0.5) is 17.3 Å². The number of aryl methyl sites for hydroxylation is 2. The highest BCUT2D eigenvalue weighted by Gasteiger charge is 2.09. The Bertz CT molecular complexity index is 632. The monoisotopic (exact) mass is 293 g/mol. The normalized spacial score (nSPS) is 10.2. The van der Waals surface area contributed by atoms with E-state index in [2.05, 4.69) is 20.7 Å². The van der Waals surface area contributed by atoms with Gasteiger partial charge in [-0.15, -0.1) is 0 Å². The molecule has 2 aromatic rings. The van der Waals surface area contributed by atoms with Crippen LogP contribution in [0.2, 0.25) is 5.02 Å². The van der Waals surface area contributed by atoms with Gasteiger partial charge in [0.25, 0.3) is 0 Å². The van der Waals surface area contributed by atoms with E-state index in [1.54, 1.807) is 26.2 Å². The maximum Gasteiger partial charge on any atom is 0.145 e. The number of benzene rings is 1. The number of nitrogens with one attached hydrogen (secondary N) is 2. The van der Waals surface area contributed by atoms with Gasteiger partial charge in [0.15, 0.2) is 0 Å². The minimum Gasteiger partial charge on any atom is -0.495 e. The van der Waals surface area contributed by atoms with Gasteiger partial charge in [-0.1, -0.05) is 11.6 Å². The van der Waals surface area contributed by atoms with Crippen molar-refractivity contribution < 1.29 is 4.74 Å². The first kappa shape index (κ1) is 14.4. The van der Waals surface area contributed by atoms with Gasteiger partial charge in [-0.25, -0.2) is 15.8 Å². The molecule has 0 fully saturated rings. The number of hydrogen-bond donors (Lipinski definition) is 3. The second-order valence-corrected chi connectivity index (χ2v) is 4.66. The molecule has 6 nitrogen and oxygen atoms in total. The van der Waals surface area contributed by atoms with Gasteiger partial charge < -0.3 is 15.5 Å². The minimum atomic E-state index is 0.532. The number of nitrogens with zero attached hydrogens (tertiary/aromatic N) is 2. The smallest absolute Gasteiger partial charge is 0.145 e. The molecule has 0 bridgehead atoms. The lowest BCUT2D eigenvalue weighted by molar-refractivity contribution is 0.416. The predicted octanol–water partition coefficient (Wildman–Crippen LogP) is 2.78. The summed E-state index contributed by atoms with van der Waals surface area (Å²) in [6, 6.07) is 5.36. The van der Waals surface area contributed by atoms with Crippen LogP contribution in [0, 0.1) is 13.8 Å². The molecule has 0 atom stereocenters. The quantitative estimate of drug-likeness (QED) is 0.594. The van der Waals surface area contributed by atoms with E-state index in [1.807, 2.05) is 13.0 Å². The first-order chi connectivity index (χ1) is 9.53. The molecule has 2 rings (SSSR count). The second kappa shape index (κ2) is 5.94. The molecule has 1 heterocycles. The van der Waals surface area contributed by atoms with Crippen LogP contribution in [0.1, 0.15) is 11.4 Å². The number of anilines is 3. The van der Waals surface area contributed by atoms with Gasteiger partial charge in [0.1, 0.15) is 23.2 Å². The first-order valence-corrected chi connectivity index (χ1v) is 6.34. The molecular weight excluding hydrogens is 278 g/mol. The molecule has 20 heavy (non-hydrogen) atoms. The van der Waals surface area contributed by atoms with Gasteiger partial charge in [0, 0.05) is 17.2 Å². The van der Waals surface area contributed by atoms with Crippen molar-refractivity contribution in [2.24, 2.45) is 5.84 Å². The highest BCUT2D eigenvalue weighted by atomic mass is 35.5. The summed E-state index contributed by atoms with van der Waals surface area (Å²) in [4.78, 5) is 8.43. The Labute approximate surface area is 122 Å². The third-order valence-electron chi connectivity index (χ3n) is 2.73. The van der Waals surface area contributed by atoms with Crippen LogP contribution in [0.25, 0.3) is 0 Å². The zero-order valence-corrected chi connectivity index (χ0v) is 12.2. The molecule has 106 valence electrons. The van der Waals surface area contributed by atoms with Crippen molar-refractivity contribution in [2.75, 3.05) is 17.9 Å². The lowest BCUT2D eigenvalue weighted by atomic mass is 10.2. The molecule has 7 heteroatoms. The summed E-state index contributed by atoms with van der Waals surface area (Å²) < 4.78 is 5.31. The summed E-state index contributed by atoms with van der Waals surface area (Å²) in [5, 5.41) is 3.83. The van der Waals surface area contributed by atoms with Gasteiger partial charge in [-0.3, -0.25) is 0 Å². The molecule has 0 aliphatic heterocycles. The van der Waals surface area contributed by atoms with E-state index in [0.717, 1.165) is 11.3 Å². The predicted molar refractivity (Wildman–Crippen MR) is 80.6 cm³/mol. The Morgan fingerprint density at radius 2 is 1.85 bits per heavy atom. The number of hydrazine groups is 1. The van der Waals surface area contributed by atoms with Crippen LogP contribution >= 0.6 is 11.6 Å². The highest BCUT2D eigenvalue weighted by Crippen LogP contribution is 2.32. The van der Waals surface area contributed by atoms with Gasteiger partial charge in [0.2, 0.25) is 0 Å². The second-order valence-electron chi connectivity index (χ2n) is 4.26. The third-order valence-corrected chi connectivity index (χ3v) is 3.14. The average Bonchev–Trinajstić information content (AvgIpc) is 2.42. The summed E-state index contributed by atoms with van der Waals surface area (Å²) in [7, 11) is 1.59. The SMILES string of the molecule is COc1cc(Cl)c(C)cc1Nc1cc(NN)nc(C)n1. The molecule has 1 aromatic heterocycles. The van der Waals surface area contributed by atoms with Crippen LogP contribution in [0.5, 0.6) is 5.75 Å². The molecule has 0 saturated heterocycles. The Hall–Kier alpha value is -2.05. The Balaban J connectivity index is 2.39. The number of nitrogens with two attached hydrogens (primary N) is 1. The van der Waals surface area contributed by atoms with Crippen molar-refractivity contribution in [3.8, 4) is 5.75 Å². The van der Waals surface area contributed by atoms with Crippen LogP contribution < -0.4 is 21.3 Å². The van der Waals surface area contributed by atoms with Crippen molar-refractivity contribution >= 4 is 28.9 Å². The summed E-state index contributed by atoms with van der Waals surface area (Å²) in [5.74, 6) is 7.76. The van der Waals surface area contributed by atoms with Crippen molar-refractivity contribution in [3.05, 3.63) is 34.6 Å². The standard InChI is InChI=1S/C13H16ClN5O/c1-7-4-10(11(20-3)5-9(7)14)18-12-6-13(19-15)17-8(2)16-12/h4-6H,15H2,1-3H3,(H2,16,17,18,19). The number of ether oxygens (including phenoxy) is 1. The molecule has 0 radical (unpaired) electrons. The maximum absolute atomic E-state index is 6.08. The van der Waals surface area contributed by atoms with Crippen molar-refractivity contribution in [1.29, 1.82) is 0 Å². The van der Waals surface area contributed by atoms with E-state index in [1.165, 1.54) is 0 Å². The van der Waals surface area contributed by atoms with Crippen molar-refractivity contribution in [1.82, 2.24) is 9.97 Å². The summed E-state index contributed by atoms with van der Waals surface area (Å²) >= 11 is 6.08. The highest BCUT2D eigenvalue weighted by molar-refractivity contribution is 6.31. The molecule has 0 spiro atoms. The largest absolute Gasteiger partial charge is 0.495 e. The fourth-order valence-electron chi connectivity index (χ4n) is 1.77. The molecule has 0 saturated carbocycles. The van der Waals surface area contributed by atoms with Crippen molar-refractivity contribution in [2.45, 2.75) is 13.8 Å². The Morgan fingerprint density at radius 1 is 1.15 bits per heavy atom. The number of methoxy groups -OCH3 is 1. The molecule has 4 N–H and O–H groups in total. The molecule has 0 unspecified atom stereocenters. The van der Waals surface area contributed by atoms with Crippen LogP contribution in [0.15, 0.2) is 18.2 Å². The van der Waals surface area contributed by atoms with Gasteiger partial charge in [-0.2, -0.15) is 0 Å². The van der Waals surface area contributed by atoms with Gasteiger partial charge >= 0.3 is 0 Å². The number of nitrogen functional groups attached to an aromatic ring is 1. The molecule has 1 aromatic carbocycles. The Morgan fingerprint density at radius 3 is 2.50 bits per heavy atom. The number of halogens is 1. The van der Waals surface area contributed by atoms with E-state index in [9.17, 15) is 0 Å². The Kier molecular flexibility index (Phi) is 4.26. The number of hydrogen-bond acceptors (Lipinski definition) is 6. The summed E-state index contributed by atoms with van der Waals surface area (Å²) in [6.45, 7) is 3.71. The van der Waals surface area contributed by atoms with Crippen molar-refractivity contribution in [3.63, 3.8) is 0 Å². The van der Waals surface area contributed by atoms with E-state index in [-0.39, 0.29) is 0 Å².